The minimum Gasteiger partial charge on any atom is -0.380 e. The average Bonchev–Trinajstić information content (AvgIpc) is 1.69. The number of hydrogen-bond donors (Lipinski definition) is 1. The quantitative estimate of drug-likeness (QED) is 0.468. The molecule has 0 aromatic heterocycles. The Morgan fingerprint density at radius 1 is 1.57 bits per heavy atom. The first-order chi connectivity index (χ1) is 3.39. The Labute approximate surface area is 49.5 Å². The van der Waals surface area contributed by atoms with Crippen molar-refractivity contribution in [1.29, 1.82) is 0 Å². The van der Waals surface area contributed by atoms with Crippen LogP contribution in [0.1, 0.15) is 12.8 Å². The second-order valence-electron chi connectivity index (χ2n) is 1.87. The van der Waals surface area contributed by atoms with Crippen LogP contribution in [0.3, 0.4) is 0 Å². The largest absolute Gasteiger partial charge is 0.380 e. The molecule has 1 saturated heterocycles. The lowest BCUT2D eigenvalue weighted by molar-refractivity contribution is 0.102. The van der Waals surface area contributed by atoms with Crippen LogP contribution in [0, 0.1) is 0 Å². The van der Waals surface area contributed by atoms with Crippen molar-refractivity contribution in [2.45, 2.75) is 18.1 Å². The summed E-state index contributed by atoms with van der Waals surface area (Å²) in [6.45, 7) is 1.79. The summed E-state index contributed by atoms with van der Waals surface area (Å²) < 4.78 is 5.11. The van der Waals surface area contributed by atoms with Gasteiger partial charge in [0.05, 0.1) is 6.61 Å². The third-order valence-corrected chi connectivity index (χ3v) is 1.54. The Morgan fingerprint density at radius 2 is 2.43 bits per heavy atom. The van der Waals surface area contributed by atoms with Crippen molar-refractivity contribution in [3.8, 4) is 0 Å². The summed E-state index contributed by atoms with van der Waals surface area (Å²) in [5, 5.41) is 0.508. The van der Waals surface area contributed by atoms with E-state index in [0.717, 1.165) is 13.2 Å². The number of thiol groups is 1. The molecular weight excluding hydrogens is 108 g/mol. The molecule has 0 saturated carbocycles. The highest BCUT2D eigenvalue weighted by atomic mass is 32.1. The van der Waals surface area contributed by atoms with E-state index < -0.39 is 0 Å². The first kappa shape index (κ1) is 5.45. The standard InChI is InChI=1S/C5H10OS/c7-5-2-1-3-6-4-5/h5,7H,1-4H2. The summed E-state index contributed by atoms with van der Waals surface area (Å²) in [7, 11) is 0. The number of ether oxygens (including phenoxy) is 1. The Hall–Kier alpha value is 0.310. The van der Waals surface area contributed by atoms with Crippen LogP contribution in [-0.4, -0.2) is 18.5 Å². The van der Waals surface area contributed by atoms with E-state index in [9.17, 15) is 0 Å². The molecule has 0 radical (unpaired) electrons. The van der Waals surface area contributed by atoms with Gasteiger partial charge in [0.1, 0.15) is 0 Å². The van der Waals surface area contributed by atoms with Crippen molar-refractivity contribution in [1.82, 2.24) is 0 Å². The molecule has 1 nitrogen and oxygen atoms in total. The van der Waals surface area contributed by atoms with Crippen LogP contribution in [0.25, 0.3) is 0 Å². The van der Waals surface area contributed by atoms with Crippen molar-refractivity contribution in [2.75, 3.05) is 13.2 Å². The van der Waals surface area contributed by atoms with E-state index in [1.165, 1.54) is 12.8 Å². The van der Waals surface area contributed by atoms with Crippen LogP contribution in [0.15, 0.2) is 0 Å². The van der Waals surface area contributed by atoms with Gasteiger partial charge in [-0.25, -0.2) is 0 Å². The van der Waals surface area contributed by atoms with Gasteiger partial charge in [-0.3, -0.25) is 0 Å². The monoisotopic (exact) mass is 118 g/mol. The molecule has 0 aliphatic carbocycles. The fourth-order valence-electron chi connectivity index (χ4n) is 0.724. The fourth-order valence-corrected chi connectivity index (χ4v) is 1.01. The number of hydrogen-bond acceptors (Lipinski definition) is 2. The highest BCUT2D eigenvalue weighted by molar-refractivity contribution is 7.81. The molecule has 1 rings (SSSR count). The zero-order valence-corrected chi connectivity index (χ0v) is 5.16. The maximum absolute atomic E-state index is 5.11. The first-order valence-corrected chi connectivity index (χ1v) is 3.17. The predicted octanol–water partition coefficient (Wildman–Crippen LogP) is 1.10. The predicted molar refractivity (Wildman–Crippen MR) is 32.8 cm³/mol. The summed E-state index contributed by atoms with van der Waals surface area (Å²) in [4.78, 5) is 0. The molecular formula is C5H10OS. The van der Waals surface area contributed by atoms with E-state index in [4.69, 9.17) is 4.74 Å². The van der Waals surface area contributed by atoms with E-state index in [2.05, 4.69) is 12.6 Å². The van der Waals surface area contributed by atoms with Gasteiger partial charge in [-0.1, -0.05) is 0 Å². The molecule has 1 unspecified atom stereocenters. The van der Waals surface area contributed by atoms with Crippen LogP contribution in [0.2, 0.25) is 0 Å². The molecule has 42 valence electrons. The maximum Gasteiger partial charge on any atom is 0.0582 e. The van der Waals surface area contributed by atoms with Crippen LogP contribution in [0.4, 0.5) is 0 Å². The summed E-state index contributed by atoms with van der Waals surface area (Å²) in [6, 6.07) is 0. The van der Waals surface area contributed by atoms with Gasteiger partial charge < -0.3 is 4.74 Å². The smallest absolute Gasteiger partial charge is 0.0582 e. The summed E-state index contributed by atoms with van der Waals surface area (Å²) >= 11 is 4.24. The minimum atomic E-state index is 0.508. The lowest BCUT2D eigenvalue weighted by atomic mass is 10.2. The molecule has 0 spiro atoms. The van der Waals surface area contributed by atoms with Gasteiger partial charge in [0.25, 0.3) is 0 Å². The second-order valence-corrected chi connectivity index (χ2v) is 2.60. The summed E-state index contributed by atoms with van der Waals surface area (Å²) in [5.41, 5.74) is 0. The maximum atomic E-state index is 5.11. The molecule has 7 heavy (non-hydrogen) atoms. The van der Waals surface area contributed by atoms with Gasteiger partial charge in [0.15, 0.2) is 0 Å². The molecule has 1 aliphatic heterocycles. The van der Waals surface area contributed by atoms with Crippen molar-refractivity contribution in [2.24, 2.45) is 0 Å². The molecule has 0 bridgehead atoms. The highest BCUT2D eigenvalue weighted by Crippen LogP contribution is 2.10. The van der Waals surface area contributed by atoms with Crippen molar-refractivity contribution >= 4 is 12.6 Å². The van der Waals surface area contributed by atoms with Gasteiger partial charge in [-0.2, -0.15) is 12.6 Å². The van der Waals surface area contributed by atoms with Gasteiger partial charge in [0.2, 0.25) is 0 Å². The normalized spacial score (nSPS) is 33.0. The molecule has 1 heterocycles. The van der Waals surface area contributed by atoms with E-state index in [1.807, 2.05) is 0 Å². The Morgan fingerprint density at radius 3 is 2.71 bits per heavy atom. The van der Waals surface area contributed by atoms with Gasteiger partial charge in [0, 0.05) is 11.9 Å². The molecule has 0 amide bonds. The third kappa shape index (κ3) is 1.70. The zero-order valence-electron chi connectivity index (χ0n) is 4.26. The molecule has 1 fully saturated rings. The van der Waals surface area contributed by atoms with Crippen LogP contribution in [-0.2, 0) is 4.74 Å². The van der Waals surface area contributed by atoms with Crippen LogP contribution >= 0.6 is 12.6 Å². The third-order valence-electron chi connectivity index (χ3n) is 1.14. The first-order valence-electron chi connectivity index (χ1n) is 2.65. The Kier molecular flexibility index (Phi) is 2.00. The van der Waals surface area contributed by atoms with E-state index in [-0.39, 0.29) is 0 Å². The topological polar surface area (TPSA) is 9.23 Å². The van der Waals surface area contributed by atoms with E-state index in [0.29, 0.717) is 5.25 Å². The molecule has 1 aliphatic rings. The molecule has 0 N–H and O–H groups in total. The van der Waals surface area contributed by atoms with Crippen LogP contribution in [0.5, 0.6) is 0 Å². The lowest BCUT2D eigenvalue weighted by Gasteiger charge is -2.15. The van der Waals surface area contributed by atoms with Crippen LogP contribution < -0.4 is 0 Å². The van der Waals surface area contributed by atoms with E-state index in [1.54, 1.807) is 0 Å². The average molecular weight is 118 g/mol. The molecule has 1 atom stereocenters. The summed E-state index contributed by atoms with van der Waals surface area (Å²) in [5.74, 6) is 0. The molecule has 2 heteroatoms. The van der Waals surface area contributed by atoms with Crippen molar-refractivity contribution in [3.05, 3.63) is 0 Å². The fraction of sp³-hybridized carbons (Fsp3) is 1.00. The minimum absolute atomic E-state index is 0.508. The Balaban J connectivity index is 2.12. The van der Waals surface area contributed by atoms with Gasteiger partial charge in [-0.05, 0) is 12.8 Å². The lowest BCUT2D eigenvalue weighted by Crippen LogP contribution is -2.16. The SMILES string of the molecule is SC1CCCOC1. The van der Waals surface area contributed by atoms with Crippen molar-refractivity contribution < 1.29 is 4.74 Å². The van der Waals surface area contributed by atoms with Gasteiger partial charge >= 0.3 is 0 Å². The molecule has 0 aromatic carbocycles. The zero-order chi connectivity index (χ0) is 5.11. The molecule has 0 aromatic rings. The van der Waals surface area contributed by atoms with Gasteiger partial charge in [-0.15, -0.1) is 0 Å². The Bertz CT molecular complexity index is 50.0. The van der Waals surface area contributed by atoms with E-state index >= 15 is 0 Å². The number of rotatable bonds is 0. The second kappa shape index (κ2) is 2.58. The summed E-state index contributed by atoms with van der Waals surface area (Å²) in [6.07, 6.45) is 2.41. The van der Waals surface area contributed by atoms with Crippen molar-refractivity contribution in [3.63, 3.8) is 0 Å². The highest BCUT2D eigenvalue weighted by Gasteiger charge is 2.07.